The molecule has 24 heavy (non-hydrogen) atoms. The molecule has 4 rings (SSSR count). The Morgan fingerprint density at radius 2 is 2.04 bits per heavy atom. The molecule has 2 aliphatic heterocycles. The van der Waals surface area contributed by atoms with Crippen molar-refractivity contribution in [2.24, 2.45) is 0 Å². The predicted molar refractivity (Wildman–Crippen MR) is 86.6 cm³/mol. The summed E-state index contributed by atoms with van der Waals surface area (Å²) in [6.07, 6.45) is 2.56. The van der Waals surface area contributed by atoms with Gasteiger partial charge in [0.25, 0.3) is 5.91 Å². The first-order chi connectivity index (χ1) is 11.5. The predicted octanol–water partition coefficient (Wildman–Crippen LogP) is 1.48. The van der Waals surface area contributed by atoms with Gasteiger partial charge in [-0.05, 0) is 44.7 Å². The topological polar surface area (TPSA) is 58.6 Å². The third-order valence-corrected chi connectivity index (χ3v) is 5.26. The van der Waals surface area contributed by atoms with E-state index >= 15 is 0 Å². The van der Waals surface area contributed by atoms with Crippen molar-refractivity contribution < 1.29 is 13.9 Å². The number of piperidine rings is 1. The standard InChI is InChI=1S/C17H23FN4O2/c1-13-3-4-14(20-19-13)21-8-2-5-16(11-21)12-22(9-10-24-16)15(23)17(18)6-7-17/h3-4H,2,5-12H2,1H3. The largest absolute Gasteiger partial charge is 0.369 e. The van der Waals surface area contributed by atoms with E-state index in [2.05, 4.69) is 15.1 Å². The van der Waals surface area contributed by atoms with Crippen molar-refractivity contribution >= 4 is 11.7 Å². The molecular formula is C17H23FN4O2. The molecule has 1 aromatic heterocycles. The summed E-state index contributed by atoms with van der Waals surface area (Å²) in [5, 5.41) is 8.39. The number of halogens is 1. The normalized spacial score (nSPS) is 28.9. The first kappa shape index (κ1) is 15.7. The van der Waals surface area contributed by atoms with Gasteiger partial charge >= 0.3 is 0 Å². The van der Waals surface area contributed by atoms with Crippen LogP contribution < -0.4 is 4.90 Å². The van der Waals surface area contributed by atoms with Crippen LogP contribution in [0.4, 0.5) is 10.2 Å². The smallest absolute Gasteiger partial charge is 0.260 e. The molecule has 1 aliphatic carbocycles. The van der Waals surface area contributed by atoms with E-state index in [4.69, 9.17) is 4.74 Å². The van der Waals surface area contributed by atoms with E-state index in [1.54, 1.807) is 4.90 Å². The zero-order valence-corrected chi connectivity index (χ0v) is 14.0. The van der Waals surface area contributed by atoms with Crippen LogP contribution in [-0.2, 0) is 9.53 Å². The van der Waals surface area contributed by atoms with Crippen LogP contribution >= 0.6 is 0 Å². The molecule has 1 unspecified atom stereocenters. The molecule has 6 nitrogen and oxygen atoms in total. The number of carbonyl (C=O) groups is 1. The Kier molecular flexibility index (Phi) is 3.71. The molecule has 0 bridgehead atoms. The van der Waals surface area contributed by atoms with E-state index in [-0.39, 0.29) is 5.91 Å². The van der Waals surface area contributed by atoms with Crippen molar-refractivity contribution in [3.8, 4) is 0 Å². The molecule has 2 saturated heterocycles. The number of rotatable bonds is 2. The summed E-state index contributed by atoms with van der Waals surface area (Å²) in [4.78, 5) is 16.2. The van der Waals surface area contributed by atoms with Gasteiger partial charge < -0.3 is 14.5 Å². The molecule has 1 amide bonds. The van der Waals surface area contributed by atoms with Crippen LogP contribution in [0.3, 0.4) is 0 Å². The number of alkyl halides is 1. The first-order valence-corrected chi connectivity index (χ1v) is 8.67. The van der Waals surface area contributed by atoms with Crippen LogP contribution in [0.25, 0.3) is 0 Å². The third-order valence-electron chi connectivity index (χ3n) is 5.26. The molecule has 7 heteroatoms. The molecule has 1 spiro atoms. The van der Waals surface area contributed by atoms with Crippen molar-refractivity contribution in [1.29, 1.82) is 0 Å². The maximum absolute atomic E-state index is 14.2. The number of nitrogens with zero attached hydrogens (tertiary/aromatic N) is 4. The highest BCUT2D eigenvalue weighted by Gasteiger charge is 2.54. The number of hydrogen-bond donors (Lipinski definition) is 0. The lowest BCUT2D eigenvalue weighted by Crippen LogP contribution is -2.62. The second kappa shape index (κ2) is 5.65. The molecule has 0 aromatic carbocycles. The minimum absolute atomic E-state index is 0.350. The lowest BCUT2D eigenvalue weighted by atomic mass is 9.90. The van der Waals surface area contributed by atoms with Crippen molar-refractivity contribution in [3.05, 3.63) is 17.8 Å². The number of ether oxygens (including phenoxy) is 1. The van der Waals surface area contributed by atoms with Crippen LogP contribution in [0.5, 0.6) is 0 Å². The third kappa shape index (κ3) is 2.85. The maximum Gasteiger partial charge on any atom is 0.260 e. The van der Waals surface area contributed by atoms with Gasteiger partial charge in [0.1, 0.15) is 5.60 Å². The van der Waals surface area contributed by atoms with Gasteiger partial charge in [-0.15, -0.1) is 5.10 Å². The Hall–Kier alpha value is -1.76. The van der Waals surface area contributed by atoms with Crippen molar-refractivity contribution in [3.63, 3.8) is 0 Å². The number of carbonyl (C=O) groups excluding carboxylic acids is 1. The van der Waals surface area contributed by atoms with E-state index in [0.717, 1.165) is 30.9 Å². The number of amides is 1. The molecule has 3 fully saturated rings. The monoisotopic (exact) mass is 334 g/mol. The van der Waals surface area contributed by atoms with Gasteiger partial charge in [0.15, 0.2) is 11.5 Å². The Balaban J connectivity index is 1.49. The minimum Gasteiger partial charge on any atom is -0.369 e. The van der Waals surface area contributed by atoms with Gasteiger partial charge in [0, 0.05) is 13.1 Å². The maximum atomic E-state index is 14.2. The molecule has 1 saturated carbocycles. The molecule has 1 aromatic rings. The summed E-state index contributed by atoms with van der Waals surface area (Å²) < 4.78 is 20.2. The average Bonchev–Trinajstić information content (AvgIpc) is 3.34. The highest BCUT2D eigenvalue weighted by atomic mass is 19.1. The van der Waals surface area contributed by atoms with Crippen LogP contribution in [0.1, 0.15) is 31.4 Å². The van der Waals surface area contributed by atoms with Crippen molar-refractivity contribution in [2.45, 2.75) is 43.9 Å². The summed E-state index contributed by atoms with van der Waals surface area (Å²) in [5.41, 5.74) is -1.15. The fourth-order valence-electron chi connectivity index (χ4n) is 3.73. The van der Waals surface area contributed by atoms with Gasteiger partial charge in [-0.1, -0.05) is 0 Å². The molecule has 3 aliphatic rings. The molecule has 1 atom stereocenters. The summed E-state index contributed by atoms with van der Waals surface area (Å²) in [6.45, 7) is 4.88. The number of hydrogen-bond acceptors (Lipinski definition) is 5. The van der Waals surface area contributed by atoms with Gasteiger partial charge in [-0.3, -0.25) is 4.79 Å². The zero-order chi connectivity index (χ0) is 16.8. The van der Waals surface area contributed by atoms with Crippen molar-refractivity contribution in [1.82, 2.24) is 15.1 Å². The fourth-order valence-corrected chi connectivity index (χ4v) is 3.73. The Morgan fingerprint density at radius 1 is 1.21 bits per heavy atom. The Bertz CT molecular complexity index is 630. The van der Waals surface area contributed by atoms with Crippen LogP contribution in [0.15, 0.2) is 12.1 Å². The quantitative estimate of drug-likeness (QED) is 0.820. The number of aryl methyl sites for hydroxylation is 1. The van der Waals surface area contributed by atoms with Crippen LogP contribution in [0, 0.1) is 6.92 Å². The van der Waals surface area contributed by atoms with Crippen LogP contribution in [-0.4, -0.2) is 65.1 Å². The zero-order valence-electron chi connectivity index (χ0n) is 14.0. The molecule has 0 radical (unpaired) electrons. The van der Waals surface area contributed by atoms with E-state index in [1.165, 1.54) is 0 Å². The number of morpholine rings is 1. The SMILES string of the molecule is Cc1ccc(N2CCCC3(CN(C(=O)C4(F)CC4)CCO3)C2)nn1. The van der Waals surface area contributed by atoms with Gasteiger partial charge in [0.2, 0.25) is 0 Å². The van der Waals surface area contributed by atoms with E-state index in [9.17, 15) is 9.18 Å². The molecular weight excluding hydrogens is 311 g/mol. The van der Waals surface area contributed by atoms with E-state index < -0.39 is 11.3 Å². The van der Waals surface area contributed by atoms with Crippen LogP contribution in [0.2, 0.25) is 0 Å². The molecule has 130 valence electrons. The highest BCUT2D eigenvalue weighted by molar-refractivity contribution is 5.88. The summed E-state index contributed by atoms with van der Waals surface area (Å²) >= 11 is 0. The van der Waals surface area contributed by atoms with Crippen molar-refractivity contribution in [2.75, 3.05) is 37.7 Å². The number of aromatic nitrogens is 2. The summed E-state index contributed by atoms with van der Waals surface area (Å²) in [6, 6.07) is 3.91. The first-order valence-electron chi connectivity index (χ1n) is 8.67. The Morgan fingerprint density at radius 3 is 2.75 bits per heavy atom. The lowest BCUT2D eigenvalue weighted by molar-refractivity contribution is -0.158. The van der Waals surface area contributed by atoms with Gasteiger partial charge in [-0.25, -0.2) is 4.39 Å². The summed E-state index contributed by atoms with van der Waals surface area (Å²) in [7, 11) is 0. The van der Waals surface area contributed by atoms with E-state index in [0.29, 0.717) is 39.1 Å². The number of anilines is 1. The van der Waals surface area contributed by atoms with E-state index in [1.807, 2.05) is 19.1 Å². The minimum atomic E-state index is -1.60. The van der Waals surface area contributed by atoms with Gasteiger partial charge in [0.05, 0.1) is 25.4 Å². The second-order valence-corrected chi connectivity index (χ2v) is 7.28. The summed E-state index contributed by atoms with van der Waals surface area (Å²) in [5.74, 6) is 0.480. The second-order valence-electron chi connectivity index (χ2n) is 7.28. The Labute approximate surface area is 141 Å². The lowest BCUT2D eigenvalue weighted by Gasteiger charge is -2.48. The highest BCUT2D eigenvalue weighted by Crippen LogP contribution is 2.42. The fraction of sp³-hybridized carbons (Fsp3) is 0.706. The molecule has 3 heterocycles. The van der Waals surface area contributed by atoms with Gasteiger partial charge in [-0.2, -0.15) is 5.10 Å². The molecule has 0 N–H and O–H groups in total. The average molecular weight is 334 g/mol.